The number of rotatable bonds is 6. The van der Waals surface area contributed by atoms with Crippen molar-refractivity contribution in [3.63, 3.8) is 0 Å². The van der Waals surface area contributed by atoms with Crippen molar-refractivity contribution < 1.29 is 18.4 Å². The number of carbonyl (C=O) groups is 2. The molecule has 0 N–H and O–H groups in total. The van der Waals surface area contributed by atoms with Crippen LogP contribution in [0.5, 0.6) is 0 Å². The number of amides is 1. The van der Waals surface area contributed by atoms with Gasteiger partial charge in [0.25, 0.3) is 0 Å². The van der Waals surface area contributed by atoms with Gasteiger partial charge in [0.05, 0.1) is 0 Å². The Hall–Kier alpha value is -3.68. The number of benzene rings is 1. The normalized spacial score (nSPS) is 14.7. The van der Waals surface area contributed by atoms with Gasteiger partial charge in [0.15, 0.2) is 5.78 Å². The van der Waals surface area contributed by atoms with E-state index >= 15 is 0 Å². The van der Waals surface area contributed by atoms with Crippen molar-refractivity contribution >= 4 is 17.5 Å². The van der Waals surface area contributed by atoms with E-state index in [2.05, 4.69) is 14.9 Å². The molecule has 1 atom stereocenters. The molecule has 0 spiro atoms. The Morgan fingerprint density at radius 2 is 1.76 bits per heavy atom. The smallest absolute Gasteiger partial charge is 0.219 e. The Kier molecular flexibility index (Phi) is 6.95. The van der Waals surface area contributed by atoms with E-state index < -0.39 is 17.6 Å². The molecule has 1 saturated heterocycles. The van der Waals surface area contributed by atoms with Gasteiger partial charge in [0.2, 0.25) is 5.91 Å². The van der Waals surface area contributed by atoms with Gasteiger partial charge < -0.3 is 9.80 Å². The summed E-state index contributed by atoms with van der Waals surface area (Å²) in [5, 5.41) is 0. The second kappa shape index (κ2) is 10.1. The molecular weight excluding hydrogens is 438 g/mol. The number of hydrogen-bond acceptors (Lipinski definition) is 5. The molecule has 3 heterocycles. The fourth-order valence-corrected chi connectivity index (χ4v) is 4.25. The first-order valence-electron chi connectivity index (χ1n) is 11.2. The molecule has 6 nitrogen and oxygen atoms in total. The molecule has 4 rings (SSSR count). The minimum atomic E-state index is -0.701. The Balaban J connectivity index is 1.60. The van der Waals surface area contributed by atoms with Crippen molar-refractivity contribution in [2.75, 3.05) is 31.1 Å². The highest BCUT2D eigenvalue weighted by Crippen LogP contribution is 2.32. The number of pyridine rings is 2. The van der Waals surface area contributed by atoms with Crippen molar-refractivity contribution in [3.8, 4) is 0 Å². The van der Waals surface area contributed by atoms with E-state index in [0.717, 1.165) is 11.9 Å². The lowest BCUT2D eigenvalue weighted by Gasteiger charge is -2.35. The van der Waals surface area contributed by atoms with E-state index in [4.69, 9.17) is 0 Å². The van der Waals surface area contributed by atoms with Gasteiger partial charge in [-0.3, -0.25) is 14.6 Å². The molecule has 1 aromatic carbocycles. The van der Waals surface area contributed by atoms with Gasteiger partial charge in [-0.2, -0.15) is 0 Å². The van der Waals surface area contributed by atoms with Gasteiger partial charge in [-0.25, -0.2) is 13.8 Å². The van der Waals surface area contributed by atoms with Crippen LogP contribution in [0.15, 0.2) is 54.9 Å². The number of carbonyl (C=O) groups excluding carboxylic acids is 2. The van der Waals surface area contributed by atoms with E-state index in [0.29, 0.717) is 43.0 Å². The molecule has 0 radical (unpaired) electrons. The number of hydrogen-bond donors (Lipinski definition) is 0. The van der Waals surface area contributed by atoms with Crippen LogP contribution < -0.4 is 4.90 Å². The molecule has 1 amide bonds. The number of aromatic nitrogens is 2. The number of aryl methyl sites for hydroxylation is 1. The first-order valence-corrected chi connectivity index (χ1v) is 11.2. The molecule has 0 bridgehead atoms. The standard InChI is InChI=1S/C26H26F2N4O2/c1-17-13-19(7-8-29-17)25(34)15-23(22-5-4-21(27)14-24(22)28)20-3-6-26(30-16-20)32-11-9-31(10-12-32)18(2)33/h3-8,13-14,16,23H,9-12,15H2,1-2H3. The average molecular weight is 465 g/mol. The van der Waals surface area contributed by atoms with Gasteiger partial charge in [-0.05, 0) is 42.3 Å². The number of piperazine rings is 1. The fourth-order valence-electron chi connectivity index (χ4n) is 4.25. The first kappa shape index (κ1) is 23.5. The van der Waals surface area contributed by atoms with E-state index in [-0.39, 0.29) is 23.7 Å². The van der Waals surface area contributed by atoms with Crippen molar-refractivity contribution in [2.24, 2.45) is 0 Å². The zero-order chi connectivity index (χ0) is 24.2. The van der Waals surface area contributed by atoms with Crippen LogP contribution in [0.2, 0.25) is 0 Å². The Labute approximate surface area is 197 Å². The Morgan fingerprint density at radius 3 is 2.38 bits per heavy atom. The van der Waals surface area contributed by atoms with Crippen LogP contribution in [0, 0.1) is 18.6 Å². The molecule has 1 aliphatic rings. The highest BCUT2D eigenvalue weighted by molar-refractivity contribution is 5.96. The second-order valence-electron chi connectivity index (χ2n) is 8.47. The van der Waals surface area contributed by atoms with Crippen LogP contribution in [0.3, 0.4) is 0 Å². The third-order valence-corrected chi connectivity index (χ3v) is 6.17. The lowest BCUT2D eigenvalue weighted by atomic mass is 9.86. The van der Waals surface area contributed by atoms with Gasteiger partial charge >= 0.3 is 0 Å². The van der Waals surface area contributed by atoms with E-state index in [9.17, 15) is 18.4 Å². The predicted octanol–water partition coefficient (Wildman–Crippen LogP) is 4.14. The topological polar surface area (TPSA) is 66.4 Å². The van der Waals surface area contributed by atoms with Crippen LogP contribution in [0.1, 0.15) is 46.4 Å². The molecule has 1 fully saturated rings. The average Bonchev–Trinajstić information content (AvgIpc) is 2.83. The maximum atomic E-state index is 14.8. The number of ketones is 1. The molecule has 176 valence electrons. The van der Waals surface area contributed by atoms with E-state index in [1.54, 1.807) is 43.3 Å². The quantitative estimate of drug-likeness (QED) is 0.513. The van der Waals surface area contributed by atoms with Gasteiger partial charge in [0, 0.05) is 75.2 Å². The maximum Gasteiger partial charge on any atom is 0.219 e. The highest BCUT2D eigenvalue weighted by Gasteiger charge is 2.24. The van der Waals surface area contributed by atoms with Gasteiger partial charge in [0.1, 0.15) is 17.5 Å². The van der Waals surface area contributed by atoms with Crippen LogP contribution >= 0.6 is 0 Å². The monoisotopic (exact) mass is 464 g/mol. The summed E-state index contributed by atoms with van der Waals surface area (Å²) in [6.45, 7) is 5.95. The van der Waals surface area contributed by atoms with E-state index in [1.807, 2.05) is 12.1 Å². The number of Topliss-reactive ketones (excluding diaryl/α,β-unsaturated/α-hetero) is 1. The van der Waals surface area contributed by atoms with Crippen molar-refractivity contribution in [2.45, 2.75) is 26.2 Å². The van der Waals surface area contributed by atoms with Crippen molar-refractivity contribution in [1.82, 2.24) is 14.9 Å². The Bertz CT molecular complexity index is 1190. The minimum Gasteiger partial charge on any atom is -0.353 e. The molecule has 3 aromatic rings. The lowest BCUT2D eigenvalue weighted by Crippen LogP contribution is -2.48. The number of halogens is 2. The molecule has 0 saturated carbocycles. The van der Waals surface area contributed by atoms with Gasteiger partial charge in [-0.15, -0.1) is 0 Å². The molecule has 1 unspecified atom stereocenters. The first-order chi connectivity index (χ1) is 16.3. The van der Waals surface area contributed by atoms with Crippen molar-refractivity contribution in [1.29, 1.82) is 0 Å². The summed E-state index contributed by atoms with van der Waals surface area (Å²) in [7, 11) is 0. The Morgan fingerprint density at radius 1 is 1.00 bits per heavy atom. The summed E-state index contributed by atoms with van der Waals surface area (Å²) in [6.07, 6.45) is 3.22. The van der Waals surface area contributed by atoms with Crippen LogP contribution in [0.25, 0.3) is 0 Å². The zero-order valence-electron chi connectivity index (χ0n) is 19.2. The van der Waals surface area contributed by atoms with E-state index in [1.165, 1.54) is 12.1 Å². The molecule has 8 heteroatoms. The summed E-state index contributed by atoms with van der Waals surface area (Å²) < 4.78 is 28.3. The maximum absolute atomic E-state index is 14.8. The molecule has 0 aliphatic carbocycles. The third-order valence-electron chi connectivity index (χ3n) is 6.17. The summed E-state index contributed by atoms with van der Waals surface area (Å²) in [6, 6.07) is 10.4. The lowest BCUT2D eigenvalue weighted by molar-refractivity contribution is -0.129. The number of anilines is 1. The van der Waals surface area contributed by atoms with Gasteiger partial charge in [-0.1, -0.05) is 12.1 Å². The van der Waals surface area contributed by atoms with Crippen LogP contribution in [0.4, 0.5) is 14.6 Å². The van der Waals surface area contributed by atoms with Crippen molar-refractivity contribution in [3.05, 3.63) is 88.9 Å². The SMILES string of the molecule is CC(=O)N1CCN(c2ccc(C(CC(=O)c3ccnc(C)c3)c3ccc(F)cc3F)cn2)CC1. The summed E-state index contributed by atoms with van der Waals surface area (Å²) >= 11 is 0. The van der Waals surface area contributed by atoms with Crippen LogP contribution in [-0.2, 0) is 4.79 Å². The summed E-state index contributed by atoms with van der Waals surface area (Å²) in [5.74, 6) is -1.36. The molecule has 1 aliphatic heterocycles. The predicted molar refractivity (Wildman–Crippen MR) is 125 cm³/mol. The molecular formula is C26H26F2N4O2. The highest BCUT2D eigenvalue weighted by atomic mass is 19.1. The summed E-state index contributed by atoms with van der Waals surface area (Å²) in [4.78, 5) is 37.2. The van der Waals surface area contributed by atoms with Crippen LogP contribution in [-0.4, -0.2) is 52.7 Å². The summed E-state index contributed by atoms with van der Waals surface area (Å²) in [5.41, 5.74) is 2.11. The molecule has 34 heavy (non-hydrogen) atoms. The third kappa shape index (κ3) is 5.27. The fraction of sp³-hybridized carbons (Fsp3) is 0.308. The zero-order valence-corrected chi connectivity index (χ0v) is 19.2. The molecule has 2 aromatic heterocycles. The second-order valence-corrected chi connectivity index (χ2v) is 8.47. The number of nitrogens with zero attached hydrogens (tertiary/aromatic N) is 4. The largest absolute Gasteiger partial charge is 0.353 e. The minimum absolute atomic E-state index is 0.00428.